The normalized spacial score (nSPS) is 15.8. The van der Waals surface area contributed by atoms with Gasteiger partial charge in [0, 0.05) is 23.5 Å². The number of Topliss-reactive ketones (excluding diaryl/α,β-unsaturated/α-hetero) is 4. The number of carbonyl (C=O) groups is 4. The first-order chi connectivity index (χ1) is 20.4. The van der Waals surface area contributed by atoms with Crippen LogP contribution in [0.15, 0.2) is 30.3 Å². The average molecular weight is 589 g/mol. The Morgan fingerprint density at radius 3 is 2.07 bits per heavy atom. The van der Waals surface area contributed by atoms with E-state index in [1.165, 1.54) is 35.6 Å². The van der Waals surface area contributed by atoms with Gasteiger partial charge >= 0.3 is 0 Å². The Bertz CT molecular complexity index is 1250. The fraction of sp³-hybridized carbons (Fsp3) is 0.590. The largest absolute Gasteiger partial charge is 0.300 e. The number of rotatable bonds is 14. The molecule has 4 heteroatoms. The minimum atomic E-state index is -0.112. The van der Waals surface area contributed by atoms with E-state index >= 15 is 0 Å². The van der Waals surface area contributed by atoms with Crippen molar-refractivity contribution in [3.05, 3.63) is 69.3 Å². The van der Waals surface area contributed by atoms with E-state index in [4.69, 9.17) is 0 Å². The molecule has 0 aliphatic heterocycles. The predicted octanol–water partition coefficient (Wildman–Crippen LogP) is 9.65. The Morgan fingerprint density at radius 2 is 1.56 bits per heavy atom. The smallest absolute Gasteiger partial charge is 0.163 e. The highest BCUT2D eigenvalue weighted by Gasteiger charge is 2.34. The summed E-state index contributed by atoms with van der Waals surface area (Å²) in [7, 11) is 0. The summed E-state index contributed by atoms with van der Waals surface area (Å²) in [4.78, 5) is 50.0. The molecule has 0 radical (unpaired) electrons. The van der Waals surface area contributed by atoms with Crippen LogP contribution in [-0.4, -0.2) is 23.1 Å². The second kappa shape index (κ2) is 17.4. The van der Waals surface area contributed by atoms with Crippen molar-refractivity contribution in [3.8, 4) is 0 Å². The van der Waals surface area contributed by atoms with Gasteiger partial charge in [-0.1, -0.05) is 91.1 Å². The number of hydrogen-bond acceptors (Lipinski definition) is 4. The molecule has 0 spiro atoms. The molecule has 0 heterocycles. The van der Waals surface area contributed by atoms with Gasteiger partial charge in [0.15, 0.2) is 11.6 Å². The molecule has 3 unspecified atom stereocenters. The fourth-order valence-corrected chi connectivity index (χ4v) is 6.85. The van der Waals surface area contributed by atoms with Crippen molar-refractivity contribution in [2.75, 3.05) is 0 Å². The second-order valence-electron chi connectivity index (χ2n) is 13.1. The minimum Gasteiger partial charge on any atom is -0.300 e. The van der Waals surface area contributed by atoms with Gasteiger partial charge in [0.2, 0.25) is 0 Å². The van der Waals surface area contributed by atoms with Crippen LogP contribution in [0.3, 0.4) is 0 Å². The van der Waals surface area contributed by atoms with E-state index in [2.05, 4.69) is 47.6 Å². The summed E-state index contributed by atoms with van der Waals surface area (Å²) in [6.45, 7) is 18.0. The molecule has 0 amide bonds. The lowest BCUT2D eigenvalue weighted by atomic mass is 9.70. The van der Waals surface area contributed by atoms with Gasteiger partial charge in [-0.05, 0) is 98.4 Å². The van der Waals surface area contributed by atoms with Gasteiger partial charge in [0.25, 0.3) is 0 Å². The number of carbonyl (C=O) groups excluding carboxylic acids is 4. The lowest BCUT2D eigenvalue weighted by Gasteiger charge is -2.33. The third kappa shape index (κ3) is 10.1. The lowest BCUT2D eigenvalue weighted by molar-refractivity contribution is -0.129. The van der Waals surface area contributed by atoms with Crippen LogP contribution in [0.2, 0.25) is 0 Å². The van der Waals surface area contributed by atoms with Gasteiger partial charge < -0.3 is 0 Å². The van der Waals surface area contributed by atoms with Gasteiger partial charge in [-0.2, -0.15) is 0 Å². The molecule has 0 aromatic heterocycles. The van der Waals surface area contributed by atoms with Crippen molar-refractivity contribution in [3.63, 3.8) is 0 Å². The van der Waals surface area contributed by atoms with Crippen molar-refractivity contribution >= 4 is 23.1 Å². The average Bonchev–Trinajstić information content (AvgIpc) is 2.93. The van der Waals surface area contributed by atoms with Crippen LogP contribution < -0.4 is 0 Å². The molecule has 0 N–H and O–H groups in total. The molecule has 43 heavy (non-hydrogen) atoms. The maximum Gasteiger partial charge on any atom is 0.163 e. The van der Waals surface area contributed by atoms with Crippen LogP contribution in [0.25, 0.3) is 0 Å². The van der Waals surface area contributed by atoms with Crippen LogP contribution in [0, 0.1) is 24.7 Å². The SMILES string of the molecule is CCC.CCCC(CC1CC(=O)c2c(C)c(CCc3ccc(C(C)=O)cc3)cc(C(C)C)c2C1)C(CC)C(=O)CC(C)=O. The van der Waals surface area contributed by atoms with E-state index in [1.807, 2.05) is 31.2 Å². The van der Waals surface area contributed by atoms with Crippen molar-refractivity contribution < 1.29 is 19.2 Å². The molecule has 2 aromatic carbocycles. The number of ketones is 4. The van der Waals surface area contributed by atoms with Crippen molar-refractivity contribution in [1.82, 2.24) is 0 Å². The van der Waals surface area contributed by atoms with Gasteiger partial charge in [0.1, 0.15) is 11.6 Å². The highest BCUT2D eigenvalue weighted by atomic mass is 16.1. The van der Waals surface area contributed by atoms with E-state index in [-0.39, 0.29) is 47.3 Å². The zero-order valence-electron chi connectivity index (χ0n) is 28.4. The van der Waals surface area contributed by atoms with E-state index in [1.54, 1.807) is 6.92 Å². The number of benzene rings is 2. The monoisotopic (exact) mass is 588 g/mol. The first kappa shape index (κ1) is 36.3. The van der Waals surface area contributed by atoms with Gasteiger partial charge in [0.05, 0.1) is 6.42 Å². The number of hydrogen-bond donors (Lipinski definition) is 0. The quantitative estimate of drug-likeness (QED) is 0.163. The first-order valence-corrected chi connectivity index (χ1v) is 16.7. The topological polar surface area (TPSA) is 68.3 Å². The Kier molecular flexibility index (Phi) is 14.7. The van der Waals surface area contributed by atoms with Gasteiger partial charge in [-0.15, -0.1) is 0 Å². The Hall–Kier alpha value is -2.88. The third-order valence-corrected chi connectivity index (χ3v) is 8.89. The van der Waals surface area contributed by atoms with E-state index in [9.17, 15) is 19.2 Å². The molecule has 1 aliphatic carbocycles. The highest BCUT2D eigenvalue weighted by Crippen LogP contribution is 2.40. The molecular weight excluding hydrogens is 532 g/mol. The van der Waals surface area contributed by atoms with Crippen LogP contribution in [0.5, 0.6) is 0 Å². The van der Waals surface area contributed by atoms with E-state index in [0.29, 0.717) is 12.3 Å². The maximum atomic E-state index is 13.7. The summed E-state index contributed by atoms with van der Waals surface area (Å²) >= 11 is 0. The first-order valence-electron chi connectivity index (χ1n) is 16.7. The summed E-state index contributed by atoms with van der Waals surface area (Å²) < 4.78 is 0. The predicted molar refractivity (Wildman–Crippen MR) is 178 cm³/mol. The number of fused-ring (bicyclic) bond motifs is 1. The molecule has 4 nitrogen and oxygen atoms in total. The summed E-state index contributed by atoms with van der Waals surface area (Å²) in [5, 5.41) is 0. The van der Waals surface area contributed by atoms with Gasteiger partial charge in [-0.25, -0.2) is 0 Å². The number of aryl methyl sites for hydroxylation is 2. The second-order valence-corrected chi connectivity index (χ2v) is 13.1. The van der Waals surface area contributed by atoms with Crippen LogP contribution in [0.1, 0.15) is 155 Å². The summed E-state index contributed by atoms with van der Waals surface area (Å²) in [5.74, 6) is 0.925. The molecule has 2 aromatic rings. The van der Waals surface area contributed by atoms with Crippen molar-refractivity contribution in [1.29, 1.82) is 0 Å². The minimum absolute atomic E-state index is 0.0193. The zero-order chi connectivity index (χ0) is 32.3. The Labute approximate surface area is 261 Å². The van der Waals surface area contributed by atoms with Crippen molar-refractivity contribution in [2.24, 2.45) is 17.8 Å². The van der Waals surface area contributed by atoms with Crippen LogP contribution in [0.4, 0.5) is 0 Å². The molecule has 0 fully saturated rings. The van der Waals surface area contributed by atoms with Crippen molar-refractivity contribution in [2.45, 2.75) is 132 Å². The van der Waals surface area contributed by atoms with Gasteiger partial charge in [-0.3, -0.25) is 19.2 Å². The molecule has 0 saturated carbocycles. The van der Waals surface area contributed by atoms with Crippen LogP contribution >= 0.6 is 0 Å². The molecule has 1 aliphatic rings. The highest BCUT2D eigenvalue weighted by molar-refractivity contribution is 6.01. The zero-order valence-corrected chi connectivity index (χ0v) is 28.4. The standard InChI is InChI=1S/C36H48O4.C3H8/c1-8-10-30(31(9-2)34(39)17-23(5)37)18-27-19-33-32(22(3)4)21-29(24(6)36(33)35(40)20-27)16-13-26-11-14-28(15-12-26)25(7)38;1-3-2/h11-12,14-15,21-22,27,30-31H,8-10,13,16-20H2,1-7H3;3H2,1-2H3. The third-order valence-electron chi connectivity index (χ3n) is 8.89. The van der Waals surface area contributed by atoms with Crippen LogP contribution in [-0.2, 0) is 28.9 Å². The van der Waals surface area contributed by atoms with E-state index in [0.717, 1.165) is 61.6 Å². The maximum absolute atomic E-state index is 13.7. The Morgan fingerprint density at radius 1 is 0.930 bits per heavy atom. The Balaban J connectivity index is 0.00000206. The summed E-state index contributed by atoms with van der Waals surface area (Å²) in [5.41, 5.74) is 7.66. The molecule has 0 saturated heterocycles. The molecular formula is C39H56O4. The molecule has 3 atom stereocenters. The lowest BCUT2D eigenvalue weighted by Crippen LogP contribution is -2.30. The molecule has 0 bridgehead atoms. The summed E-state index contributed by atoms with van der Waals surface area (Å²) in [6, 6.07) is 10.2. The fourth-order valence-electron chi connectivity index (χ4n) is 6.85. The molecule has 3 rings (SSSR count). The van der Waals surface area contributed by atoms with E-state index < -0.39 is 0 Å². The summed E-state index contributed by atoms with van der Waals surface area (Å²) in [6.07, 6.45) is 7.91. The molecule has 236 valence electrons.